The SMILES string of the molecule is CN1CC=C[C@@]2(C)S[C@]34C=CCN(C(C)(C)C)C(=O)C3N(CCO)C(=O)[C@@H]4[C@H]2C1=O. The van der Waals surface area contributed by atoms with E-state index in [4.69, 9.17) is 0 Å². The third-order valence-corrected chi connectivity index (χ3v) is 8.71. The van der Waals surface area contributed by atoms with Crippen LogP contribution in [0.5, 0.6) is 0 Å². The van der Waals surface area contributed by atoms with Crippen molar-refractivity contribution in [2.45, 2.75) is 48.8 Å². The summed E-state index contributed by atoms with van der Waals surface area (Å²) in [5.74, 6) is -1.58. The number of hydrogen-bond donors (Lipinski definition) is 1. The van der Waals surface area contributed by atoms with E-state index in [0.717, 1.165) is 0 Å². The second-order valence-electron chi connectivity index (χ2n) is 9.90. The summed E-state index contributed by atoms with van der Waals surface area (Å²) in [6.07, 6.45) is 8.01. The molecule has 2 fully saturated rings. The zero-order chi connectivity index (χ0) is 22.1. The van der Waals surface area contributed by atoms with Gasteiger partial charge in [-0.1, -0.05) is 24.3 Å². The van der Waals surface area contributed by atoms with Gasteiger partial charge >= 0.3 is 0 Å². The monoisotopic (exact) mass is 433 g/mol. The lowest BCUT2D eigenvalue weighted by molar-refractivity contribution is -0.146. The lowest BCUT2D eigenvalue weighted by Gasteiger charge is -2.40. The van der Waals surface area contributed by atoms with Crippen molar-refractivity contribution in [3.63, 3.8) is 0 Å². The van der Waals surface area contributed by atoms with Gasteiger partial charge in [-0.05, 0) is 27.7 Å². The molecule has 1 unspecified atom stereocenters. The summed E-state index contributed by atoms with van der Waals surface area (Å²) in [6.45, 7) is 8.78. The Labute approximate surface area is 182 Å². The summed E-state index contributed by atoms with van der Waals surface area (Å²) < 4.78 is -1.41. The Morgan fingerprint density at radius 3 is 2.37 bits per heavy atom. The van der Waals surface area contributed by atoms with E-state index in [2.05, 4.69) is 0 Å². The van der Waals surface area contributed by atoms with Crippen molar-refractivity contribution in [1.29, 1.82) is 0 Å². The molecule has 0 saturated carbocycles. The van der Waals surface area contributed by atoms with Crippen LogP contribution in [0.4, 0.5) is 0 Å². The van der Waals surface area contributed by atoms with Crippen LogP contribution in [0.3, 0.4) is 0 Å². The summed E-state index contributed by atoms with van der Waals surface area (Å²) in [5.41, 5.74) is -0.410. The van der Waals surface area contributed by atoms with Crippen LogP contribution in [0.15, 0.2) is 24.3 Å². The van der Waals surface area contributed by atoms with E-state index < -0.39 is 32.9 Å². The predicted octanol–water partition coefficient (Wildman–Crippen LogP) is 0.891. The molecule has 1 N–H and O–H groups in total. The van der Waals surface area contributed by atoms with Crippen LogP contribution >= 0.6 is 11.8 Å². The fourth-order valence-electron chi connectivity index (χ4n) is 5.59. The summed E-state index contributed by atoms with van der Waals surface area (Å²) in [6, 6.07) is -0.736. The van der Waals surface area contributed by atoms with Gasteiger partial charge in [0.05, 0.1) is 23.2 Å². The van der Waals surface area contributed by atoms with E-state index in [1.54, 1.807) is 28.6 Å². The minimum atomic E-state index is -0.832. The van der Waals surface area contributed by atoms with Crippen LogP contribution in [-0.4, -0.2) is 91.9 Å². The highest BCUT2D eigenvalue weighted by atomic mass is 32.2. The van der Waals surface area contributed by atoms with Crippen molar-refractivity contribution in [2.75, 3.05) is 33.3 Å². The highest BCUT2D eigenvalue weighted by Gasteiger charge is 2.73. The Kier molecular flexibility index (Phi) is 4.90. The average Bonchev–Trinajstić information content (AvgIpc) is 2.90. The number of hydrogen-bond acceptors (Lipinski definition) is 5. The second kappa shape index (κ2) is 6.85. The van der Waals surface area contributed by atoms with Gasteiger partial charge in [-0.25, -0.2) is 0 Å². The highest BCUT2D eigenvalue weighted by Crippen LogP contribution is 2.65. The van der Waals surface area contributed by atoms with Crippen molar-refractivity contribution in [3.05, 3.63) is 24.3 Å². The maximum absolute atomic E-state index is 13.8. The Balaban J connectivity index is 1.90. The van der Waals surface area contributed by atoms with Crippen molar-refractivity contribution in [2.24, 2.45) is 11.8 Å². The number of aliphatic hydroxyl groups excluding tert-OH is 1. The third-order valence-electron chi connectivity index (χ3n) is 6.91. The Morgan fingerprint density at radius 1 is 1.07 bits per heavy atom. The van der Waals surface area contributed by atoms with E-state index in [-0.39, 0.29) is 30.9 Å². The van der Waals surface area contributed by atoms with E-state index in [0.29, 0.717) is 13.1 Å². The quantitative estimate of drug-likeness (QED) is 0.655. The molecule has 0 aromatic rings. The fraction of sp³-hybridized carbons (Fsp3) is 0.682. The number of β-amino-alcohol motifs (C(OH)–C–C–N with tert-alkyl or cyclic N) is 1. The number of likely N-dealkylation sites (tertiary alicyclic amines) is 1. The fourth-order valence-corrected chi connectivity index (χ4v) is 7.75. The van der Waals surface area contributed by atoms with Gasteiger partial charge in [-0.15, -0.1) is 11.8 Å². The number of likely N-dealkylation sites (N-methyl/N-ethyl adjacent to an activating group) is 1. The summed E-state index contributed by atoms with van der Waals surface area (Å²) in [7, 11) is 1.76. The molecule has 0 aromatic heterocycles. The standard InChI is InChI=1S/C22H31N3O4S/c1-20(2,3)25-11-7-9-22-15(18(28)24(12-13-26)16(22)19(25)29)14-17(27)23(5)10-6-8-21(14,4)30-22/h6-9,14-16,26H,10-13H2,1-5H3/t14-,15-,16?,21+,22-/m0/s1. The summed E-state index contributed by atoms with van der Waals surface area (Å²) in [5, 5.41) is 9.67. The number of fused-ring (bicyclic) bond motifs is 2. The zero-order valence-corrected chi connectivity index (χ0v) is 19.1. The van der Waals surface area contributed by atoms with Gasteiger partial charge in [0, 0.05) is 37.0 Å². The number of carbonyl (C=O) groups is 3. The molecule has 164 valence electrons. The van der Waals surface area contributed by atoms with Gasteiger partial charge in [0.1, 0.15) is 6.04 Å². The van der Waals surface area contributed by atoms with Crippen LogP contribution in [0, 0.1) is 11.8 Å². The van der Waals surface area contributed by atoms with Crippen molar-refractivity contribution in [3.8, 4) is 0 Å². The summed E-state index contributed by atoms with van der Waals surface area (Å²) in [4.78, 5) is 45.9. The molecule has 3 amide bonds. The summed E-state index contributed by atoms with van der Waals surface area (Å²) >= 11 is 1.57. The zero-order valence-electron chi connectivity index (χ0n) is 18.3. The first-order valence-electron chi connectivity index (χ1n) is 10.5. The van der Waals surface area contributed by atoms with Crippen LogP contribution in [0.25, 0.3) is 0 Å². The smallest absolute Gasteiger partial charge is 0.247 e. The number of carbonyl (C=O) groups excluding carboxylic acids is 3. The van der Waals surface area contributed by atoms with E-state index in [9.17, 15) is 19.5 Å². The second-order valence-corrected chi connectivity index (χ2v) is 11.7. The van der Waals surface area contributed by atoms with E-state index in [1.807, 2.05) is 52.0 Å². The molecule has 0 aliphatic carbocycles. The first-order valence-corrected chi connectivity index (χ1v) is 11.3. The Morgan fingerprint density at radius 2 is 1.73 bits per heavy atom. The third kappa shape index (κ3) is 2.79. The topological polar surface area (TPSA) is 81.2 Å². The van der Waals surface area contributed by atoms with Crippen molar-refractivity contribution >= 4 is 29.5 Å². The molecule has 0 radical (unpaired) electrons. The Hall–Kier alpha value is -1.80. The Bertz CT molecular complexity index is 850. The molecule has 4 aliphatic rings. The first kappa shape index (κ1) is 21.4. The molecular weight excluding hydrogens is 402 g/mol. The number of nitrogens with zero attached hydrogens (tertiary/aromatic N) is 3. The van der Waals surface area contributed by atoms with Crippen LogP contribution in [-0.2, 0) is 14.4 Å². The minimum absolute atomic E-state index is 0.0624. The van der Waals surface area contributed by atoms with Crippen molar-refractivity contribution in [1.82, 2.24) is 14.7 Å². The first-order chi connectivity index (χ1) is 14.0. The van der Waals surface area contributed by atoms with Gasteiger partial charge in [0.15, 0.2) is 0 Å². The van der Waals surface area contributed by atoms with Gasteiger partial charge in [-0.2, -0.15) is 0 Å². The molecule has 4 aliphatic heterocycles. The maximum Gasteiger partial charge on any atom is 0.247 e. The van der Waals surface area contributed by atoms with Crippen LogP contribution < -0.4 is 0 Å². The maximum atomic E-state index is 13.8. The van der Waals surface area contributed by atoms with Crippen LogP contribution in [0.1, 0.15) is 27.7 Å². The lowest BCUT2D eigenvalue weighted by Crippen LogP contribution is -2.57. The van der Waals surface area contributed by atoms with E-state index >= 15 is 0 Å². The molecule has 7 nitrogen and oxygen atoms in total. The van der Waals surface area contributed by atoms with Gasteiger partial charge in [0.25, 0.3) is 0 Å². The molecule has 4 heterocycles. The number of amides is 3. The molecule has 2 saturated heterocycles. The molecule has 30 heavy (non-hydrogen) atoms. The molecule has 4 rings (SSSR count). The molecule has 0 aromatic carbocycles. The van der Waals surface area contributed by atoms with Crippen molar-refractivity contribution < 1.29 is 19.5 Å². The predicted molar refractivity (Wildman–Crippen MR) is 116 cm³/mol. The molecule has 1 spiro atoms. The number of aliphatic hydroxyl groups is 1. The average molecular weight is 434 g/mol. The largest absolute Gasteiger partial charge is 0.395 e. The normalized spacial score (nSPS) is 38.5. The van der Waals surface area contributed by atoms with Gasteiger partial charge < -0.3 is 19.8 Å². The van der Waals surface area contributed by atoms with Gasteiger partial charge in [0.2, 0.25) is 17.7 Å². The minimum Gasteiger partial charge on any atom is -0.395 e. The van der Waals surface area contributed by atoms with E-state index in [1.165, 1.54) is 4.90 Å². The molecule has 0 bridgehead atoms. The highest BCUT2D eigenvalue weighted by molar-refractivity contribution is 8.02. The molecular formula is C22H31N3O4S. The number of rotatable bonds is 2. The van der Waals surface area contributed by atoms with Crippen LogP contribution in [0.2, 0.25) is 0 Å². The van der Waals surface area contributed by atoms with Gasteiger partial charge in [-0.3, -0.25) is 14.4 Å². The molecule has 8 heteroatoms. The number of thioether (sulfide) groups is 1. The molecule has 5 atom stereocenters. The lowest BCUT2D eigenvalue weighted by atomic mass is 9.74.